The Morgan fingerprint density at radius 1 is 1.33 bits per heavy atom. The van der Waals surface area contributed by atoms with Crippen molar-refractivity contribution in [2.75, 3.05) is 6.54 Å². The molecule has 4 nitrogen and oxygen atoms in total. The van der Waals surface area contributed by atoms with Crippen molar-refractivity contribution in [2.45, 2.75) is 36.7 Å². The second kappa shape index (κ2) is 6.79. The highest BCUT2D eigenvalue weighted by atomic mass is 35.5. The maximum absolute atomic E-state index is 13.6. The van der Waals surface area contributed by atoms with Crippen LogP contribution in [-0.2, 0) is 10.0 Å². The van der Waals surface area contributed by atoms with Crippen LogP contribution >= 0.6 is 23.2 Å². The molecule has 0 aromatic heterocycles. The van der Waals surface area contributed by atoms with Gasteiger partial charge in [-0.2, -0.15) is 0 Å². The molecule has 1 saturated carbocycles. The molecule has 1 aromatic carbocycles. The Balaban J connectivity index is 2.10. The van der Waals surface area contributed by atoms with E-state index in [2.05, 4.69) is 4.72 Å². The van der Waals surface area contributed by atoms with Crippen molar-refractivity contribution in [3.8, 4) is 0 Å². The van der Waals surface area contributed by atoms with Crippen LogP contribution < -0.4 is 4.72 Å². The van der Waals surface area contributed by atoms with Crippen molar-refractivity contribution in [3.63, 3.8) is 0 Å². The first-order valence-corrected chi connectivity index (χ1v) is 8.86. The van der Waals surface area contributed by atoms with Crippen LogP contribution in [0.15, 0.2) is 17.0 Å². The van der Waals surface area contributed by atoms with Gasteiger partial charge in [-0.1, -0.05) is 29.6 Å². The van der Waals surface area contributed by atoms with Crippen LogP contribution in [0.1, 0.15) is 25.7 Å². The molecule has 0 spiro atoms. The number of nitrogens with one attached hydrogen (secondary N) is 1. The Kier molecular flexibility index (Phi) is 5.48. The fourth-order valence-corrected chi connectivity index (χ4v) is 4.33. The van der Waals surface area contributed by atoms with E-state index in [9.17, 15) is 17.9 Å². The van der Waals surface area contributed by atoms with E-state index in [4.69, 9.17) is 23.2 Å². The molecular weight excluding hydrogens is 340 g/mol. The fourth-order valence-electron chi connectivity index (χ4n) is 2.47. The van der Waals surface area contributed by atoms with Gasteiger partial charge in [0.2, 0.25) is 10.0 Å². The average Bonchev–Trinajstić information content (AvgIpc) is 2.43. The Bertz CT molecular complexity index is 624. The van der Waals surface area contributed by atoms with Gasteiger partial charge in [0.05, 0.1) is 16.1 Å². The van der Waals surface area contributed by atoms with Gasteiger partial charge in [0.15, 0.2) is 5.82 Å². The van der Waals surface area contributed by atoms with Crippen LogP contribution in [0.5, 0.6) is 0 Å². The van der Waals surface area contributed by atoms with E-state index in [1.165, 1.54) is 6.07 Å². The second-order valence-electron chi connectivity index (χ2n) is 5.21. The molecule has 118 valence electrons. The van der Waals surface area contributed by atoms with Gasteiger partial charge in [0, 0.05) is 6.54 Å². The lowest BCUT2D eigenvalue weighted by Gasteiger charge is -2.25. The van der Waals surface area contributed by atoms with Gasteiger partial charge in [0.1, 0.15) is 4.90 Å². The Labute approximate surface area is 133 Å². The van der Waals surface area contributed by atoms with E-state index in [0.717, 1.165) is 25.3 Å². The van der Waals surface area contributed by atoms with Crippen LogP contribution in [-0.4, -0.2) is 26.2 Å². The fraction of sp³-hybridized carbons (Fsp3) is 0.538. The molecule has 2 N–H and O–H groups in total. The van der Waals surface area contributed by atoms with Gasteiger partial charge >= 0.3 is 0 Å². The van der Waals surface area contributed by atoms with E-state index < -0.39 is 20.9 Å². The molecule has 0 amide bonds. The van der Waals surface area contributed by atoms with E-state index in [-0.39, 0.29) is 28.5 Å². The third-order valence-corrected chi connectivity index (χ3v) is 5.85. The normalized spacial score (nSPS) is 23.2. The smallest absolute Gasteiger partial charge is 0.242 e. The first-order chi connectivity index (χ1) is 9.81. The van der Waals surface area contributed by atoms with E-state index in [1.807, 2.05) is 0 Å². The lowest BCUT2D eigenvalue weighted by atomic mass is 9.87. The van der Waals surface area contributed by atoms with Crippen LogP contribution in [0.3, 0.4) is 0 Å². The zero-order valence-electron chi connectivity index (χ0n) is 11.2. The number of halogens is 3. The van der Waals surface area contributed by atoms with Crippen LogP contribution in [0.4, 0.5) is 4.39 Å². The minimum absolute atomic E-state index is 0.0689. The standard InChI is InChI=1S/C13H16Cl2FNO3S/c14-10-4-5-11(12(15)13(10)16)21(19,20)17-7-8-2-1-3-9(18)6-8/h4-5,8-9,17-18H,1-3,6-7H2. The van der Waals surface area contributed by atoms with Gasteiger partial charge in [-0.3, -0.25) is 0 Å². The quantitative estimate of drug-likeness (QED) is 0.816. The van der Waals surface area contributed by atoms with Gasteiger partial charge in [-0.25, -0.2) is 17.5 Å². The maximum Gasteiger partial charge on any atom is 0.242 e. The van der Waals surface area contributed by atoms with Crippen molar-refractivity contribution < 1.29 is 17.9 Å². The summed E-state index contributed by atoms with van der Waals surface area (Å²) in [6.07, 6.45) is 2.64. The number of aliphatic hydroxyl groups excluding tert-OH is 1. The van der Waals surface area contributed by atoms with E-state index in [0.29, 0.717) is 6.42 Å². The highest BCUT2D eigenvalue weighted by Crippen LogP contribution is 2.30. The maximum atomic E-state index is 13.6. The molecule has 1 aliphatic rings. The summed E-state index contributed by atoms with van der Waals surface area (Å²) >= 11 is 11.3. The Hall–Kier alpha value is -0.400. The van der Waals surface area contributed by atoms with Crippen LogP contribution in [0.25, 0.3) is 0 Å². The summed E-state index contributed by atoms with van der Waals surface area (Å²) in [6.45, 7) is 0.194. The van der Waals surface area contributed by atoms with Crippen molar-refractivity contribution >= 4 is 33.2 Å². The zero-order chi connectivity index (χ0) is 15.6. The number of rotatable bonds is 4. The molecule has 0 bridgehead atoms. The minimum atomic E-state index is -3.91. The summed E-state index contributed by atoms with van der Waals surface area (Å²) in [4.78, 5) is -0.331. The number of sulfonamides is 1. The van der Waals surface area contributed by atoms with Gasteiger partial charge < -0.3 is 5.11 Å². The van der Waals surface area contributed by atoms with Crippen molar-refractivity contribution in [2.24, 2.45) is 5.92 Å². The van der Waals surface area contributed by atoms with Crippen LogP contribution in [0.2, 0.25) is 10.0 Å². The summed E-state index contributed by atoms with van der Waals surface area (Å²) in [6, 6.07) is 2.33. The molecule has 2 rings (SSSR count). The molecule has 2 unspecified atom stereocenters. The SMILES string of the molecule is O=S(=O)(NCC1CCCC(O)C1)c1ccc(Cl)c(F)c1Cl. The Morgan fingerprint density at radius 2 is 2.05 bits per heavy atom. The van der Waals surface area contributed by atoms with Crippen molar-refractivity contribution in [1.29, 1.82) is 0 Å². The zero-order valence-corrected chi connectivity index (χ0v) is 13.5. The summed E-state index contributed by atoms with van der Waals surface area (Å²) in [7, 11) is -3.91. The summed E-state index contributed by atoms with van der Waals surface area (Å²) in [5.41, 5.74) is 0. The number of hydrogen-bond donors (Lipinski definition) is 2. The summed E-state index contributed by atoms with van der Waals surface area (Å²) < 4.78 is 40.3. The van der Waals surface area contributed by atoms with Gasteiger partial charge in [-0.05, 0) is 37.3 Å². The molecule has 1 fully saturated rings. The molecule has 0 radical (unpaired) electrons. The third-order valence-electron chi connectivity index (χ3n) is 3.61. The van der Waals surface area contributed by atoms with E-state index >= 15 is 0 Å². The molecule has 21 heavy (non-hydrogen) atoms. The third kappa shape index (κ3) is 4.07. The largest absolute Gasteiger partial charge is 0.393 e. The predicted molar refractivity (Wildman–Crippen MR) is 79.6 cm³/mol. The van der Waals surface area contributed by atoms with Crippen molar-refractivity contribution in [3.05, 3.63) is 28.0 Å². The minimum Gasteiger partial charge on any atom is -0.393 e. The van der Waals surface area contributed by atoms with Gasteiger partial charge in [-0.15, -0.1) is 0 Å². The molecule has 0 heterocycles. The van der Waals surface area contributed by atoms with Crippen LogP contribution in [0, 0.1) is 11.7 Å². The number of benzene rings is 1. The topological polar surface area (TPSA) is 66.4 Å². The molecule has 2 atom stereocenters. The molecule has 0 saturated heterocycles. The Morgan fingerprint density at radius 3 is 2.71 bits per heavy atom. The predicted octanol–water partition coefficient (Wildman–Crippen LogP) is 2.96. The van der Waals surface area contributed by atoms with E-state index in [1.54, 1.807) is 0 Å². The summed E-state index contributed by atoms with van der Waals surface area (Å²) in [5, 5.41) is 8.83. The van der Waals surface area contributed by atoms with Crippen molar-refractivity contribution in [1.82, 2.24) is 4.72 Å². The molecule has 1 aliphatic carbocycles. The number of aliphatic hydroxyl groups is 1. The molecular formula is C13H16Cl2FNO3S. The number of hydrogen-bond acceptors (Lipinski definition) is 3. The highest BCUT2D eigenvalue weighted by molar-refractivity contribution is 7.89. The summed E-state index contributed by atoms with van der Waals surface area (Å²) in [5.74, 6) is -0.881. The average molecular weight is 356 g/mol. The lowest BCUT2D eigenvalue weighted by molar-refractivity contribution is 0.102. The monoisotopic (exact) mass is 355 g/mol. The highest BCUT2D eigenvalue weighted by Gasteiger charge is 2.25. The molecule has 0 aliphatic heterocycles. The van der Waals surface area contributed by atoms with Gasteiger partial charge in [0.25, 0.3) is 0 Å². The lowest BCUT2D eigenvalue weighted by Crippen LogP contribution is -2.33. The molecule has 1 aromatic rings. The second-order valence-corrected chi connectivity index (χ2v) is 7.73. The first-order valence-electron chi connectivity index (χ1n) is 6.62. The molecule has 8 heteroatoms. The first kappa shape index (κ1) is 17.0.